The fraction of sp³-hybridized carbons (Fsp3) is 0.316. The number of tetrazole rings is 1. The third-order valence-corrected chi connectivity index (χ3v) is 5.25. The summed E-state index contributed by atoms with van der Waals surface area (Å²) in [6, 6.07) is 21.4. The van der Waals surface area contributed by atoms with Crippen LogP contribution in [-0.4, -0.2) is 38.2 Å². The van der Waals surface area contributed by atoms with Crippen LogP contribution in [0.3, 0.4) is 0 Å². The van der Waals surface area contributed by atoms with Crippen molar-refractivity contribution in [2.24, 2.45) is 0 Å². The first kappa shape index (κ1) is 15.0. The van der Waals surface area contributed by atoms with Crippen LogP contribution in [0.15, 0.2) is 60.7 Å². The molecule has 1 aliphatic rings. The Morgan fingerprint density at radius 1 is 1.04 bits per heavy atom. The Morgan fingerprint density at radius 3 is 2.42 bits per heavy atom. The number of benzene rings is 2. The number of hydrogen-bond donors (Lipinski definition) is 0. The normalized spacial score (nSPS) is 23.8. The highest BCUT2D eigenvalue weighted by Crippen LogP contribution is 2.39. The molecule has 0 bridgehead atoms. The van der Waals surface area contributed by atoms with Crippen LogP contribution >= 0.6 is 0 Å². The predicted octanol–water partition coefficient (Wildman–Crippen LogP) is 2.49. The molecule has 4 rings (SSSR count). The van der Waals surface area contributed by atoms with Gasteiger partial charge in [-0.3, -0.25) is 4.90 Å². The Kier molecular flexibility index (Phi) is 3.65. The summed E-state index contributed by atoms with van der Waals surface area (Å²) in [4.78, 5) is 2.33. The van der Waals surface area contributed by atoms with Gasteiger partial charge in [-0.05, 0) is 35.5 Å². The molecule has 0 unspecified atom stereocenters. The maximum atomic E-state index is 4.40. The molecule has 0 saturated heterocycles. The van der Waals surface area contributed by atoms with Crippen LogP contribution in [0, 0.1) is 0 Å². The van der Waals surface area contributed by atoms with E-state index >= 15 is 0 Å². The van der Waals surface area contributed by atoms with Crippen molar-refractivity contribution in [1.29, 1.82) is 0 Å². The molecule has 1 aliphatic heterocycles. The quantitative estimate of drug-likeness (QED) is 0.744. The van der Waals surface area contributed by atoms with Crippen LogP contribution in [0.1, 0.15) is 23.9 Å². The maximum Gasteiger partial charge on any atom is 0.166 e. The Labute approximate surface area is 141 Å². The number of likely N-dealkylation sites (N-methyl/N-ethyl adjacent to an activating group) is 1. The van der Waals surface area contributed by atoms with E-state index in [2.05, 4.69) is 95.1 Å². The van der Waals surface area contributed by atoms with Gasteiger partial charge in [-0.25, -0.2) is 4.68 Å². The highest BCUT2D eigenvalue weighted by molar-refractivity contribution is 5.33. The summed E-state index contributed by atoms with van der Waals surface area (Å²) in [5, 5.41) is 12.6. The zero-order chi connectivity index (χ0) is 16.6. The van der Waals surface area contributed by atoms with Gasteiger partial charge >= 0.3 is 0 Å². The van der Waals surface area contributed by atoms with Crippen LogP contribution in [0.25, 0.3) is 0 Å². The first-order valence-electron chi connectivity index (χ1n) is 8.29. The monoisotopic (exact) mass is 319 g/mol. The van der Waals surface area contributed by atoms with Gasteiger partial charge < -0.3 is 0 Å². The molecular formula is C19H21N5. The van der Waals surface area contributed by atoms with E-state index in [1.807, 2.05) is 4.68 Å². The van der Waals surface area contributed by atoms with Crippen molar-refractivity contribution >= 4 is 0 Å². The van der Waals surface area contributed by atoms with Gasteiger partial charge in [-0.15, -0.1) is 5.10 Å². The molecule has 0 radical (unpaired) electrons. The molecule has 0 aliphatic carbocycles. The predicted molar refractivity (Wildman–Crippen MR) is 92.4 cm³/mol. The van der Waals surface area contributed by atoms with Crippen molar-refractivity contribution in [2.45, 2.75) is 31.5 Å². The van der Waals surface area contributed by atoms with Gasteiger partial charge in [0.05, 0.1) is 6.54 Å². The first-order chi connectivity index (χ1) is 11.7. The summed E-state index contributed by atoms with van der Waals surface area (Å²) in [5.74, 6) is 0.912. The van der Waals surface area contributed by atoms with Gasteiger partial charge in [-0.1, -0.05) is 60.7 Å². The van der Waals surface area contributed by atoms with E-state index in [-0.39, 0.29) is 11.6 Å². The number of aromatic nitrogens is 4. The summed E-state index contributed by atoms with van der Waals surface area (Å²) in [6.07, 6.45) is 0.849. The summed E-state index contributed by atoms with van der Waals surface area (Å²) >= 11 is 0. The zero-order valence-electron chi connectivity index (χ0n) is 14.0. The topological polar surface area (TPSA) is 46.8 Å². The summed E-state index contributed by atoms with van der Waals surface area (Å²) in [7, 11) is 2.14. The zero-order valence-corrected chi connectivity index (χ0v) is 14.0. The Morgan fingerprint density at radius 2 is 1.71 bits per heavy atom. The van der Waals surface area contributed by atoms with E-state index in [0.717, 1.165) is 18.8 Å². The standard InChI is InChI=1S/C19H21N5/c1-15-19(17-11-7-4-8-12-17,13-16-9-5-3-6-10-16)24-18(14-23(15)2)20-21-22-24/h3-12,15H,13-14H2,1-2H3/t15-,19+/m0/s1. The second kappa shape index (κ2) is 5.83. The summed E-state index contributed by atoms with van der Waals surface area (Å²) in [5.41, 5.74) is 2.19. The van der Waals surface area contributed by atoms with E-state index in [4.69, 9.17) is 0 Å². The molecule has 0 spiro atoms. The molecule has 3 aromatic rings. The third-order valence-electron chi connectivity index (χ3n) is 5.25. The smallest absolute Gasteiger partial charge is 0.166 e. The largest absolute Gasteiger partial charge is 0.293 e. The van der Waals surface area contributed by atoms with Gasteiger partial charge in [-0.2, -0.15) is 0 Å². The van der Waals surface area contributed by atoms with Gasteiger partial charge in [0, 0.05) is 12.5 Å². The molecule has 0 saturated carbocycles. The molecule has 2 aromatic carbocycles. The molecule has 2 atom stereocenters. The molecule has 0 fully saturated rings. The van der Waals surface area contributed by atoms with Crippen LogP contribution < -0.4 is 0 Å². The highest BCUT2D eigenvalue weighted by Gasteiger charge is 2.47. The van der Waals surface area contributed by atoms with Crippen LogP contribution in [0.2, 0.25) is 0 Å². The van der Waals surface area contributed by atoms with E-state index in [9.17, 15) is 0 Å². The van der Waals surface area contributed by atoms with E-state index in [1.54, 1.807) is 0 Å². The molecule has 122 valence electrons. The molecule has 5 heteroatoms. The lowest BCUT2D eigenvalue weighted by atomic mass is 9.76. The minimum absolute atomic E-state index is 0.260. The molecule has 2 heterocycles. The molecular weight excluding hydrogens is 298 g/mol. The van der Waals surface area contributed by atoms with Crippen molar-refractivity contribution in [3.05, 3.63) is 77.6 Å². The molecule has 1 aromatic heterocycles. The Balaban J connectivity index is 1.94. The average molecular weight is 319 g/mol. The Hall–Kier alpha value is -2.53. The van der Waals surface area contributed by atoms with Gasteiger partial charge in [0.15, 0.2) is 5.82 Å². The highest BCUT2D eigenvalue weighted by atomic mass is 15.6. The third kappa shape index (κ3) is 2.24. The van der Waals surface area contributed by atoms with Crippen molar-refractivity contribution in [1.82, 2.24) is 25.1 Å². The van der Waals surface area contributed by atoms with Gasteiger partial charge in [0.25, 0.3) is 0 Å². The second-order valence-electron chi connectivity index (χ2n) is 6.55. The number of hydrogen-bond acceptors (Lipinski definition) is 4. The maximum absolute atomic E-state index is 4.40. The van der Waals surface area contributed by atoms with Crippen LogP contribution in [0.5, 0.6) is 0 Å². The lowest BCUT2D eigenvalue weighted by Gasteiger charge is -2.47. The fourth-order valence-electron chi connectivity index (χ4n) is 3.84. The molecule has 5 nitrogen and oxygen atoms in total. The first-order valence-corrected chi connectivity index (χ1v) is 8.29. The van der Waals surface area contributed by atoms with Crippen molar-refractivity contribution in [2.75, 3.05) is 7.05 Å². The van der Waals surface area contributed by atoms with Crippen LogP contribution in [0.4, 0.5) is 0 Å². The lowest BCUT2D eigenvalue weighted by molar-refractivity contribution is 0.0747. The van der Waals surface area contributed by atoms with E-state index in [1.165, 1.54) is 11.1 Å². The number of nitrogens with zero attached hydrogens (tertiary/aromatic N) is 5. The summed E-state index contributed by atoms with van der Waals surface area (Å²) in [6.45, 7) is 3.03. The molecule has 24 heavy (non-hydrogen) atoms. The van der Waals surface area contributed by atoms with Crippen LogP contribution in [-0.2, 0) is 18.5 Å². The SMILES string of the molecule is C[C@@H]1N(C)Cc2nnnn2[C@@]1(Cc1ccccc1)c1ccccc1. The Bertz CT molecular complexity index is 814. The molecule has 0 amide bonds. The lowest BCUT2D eigenvalue weighted by Crippen LogP contribution is -2.58. The minimum atomic E-state index is -0.325. The fourth-order valence-corrected chi connectivity index (χ4v) is 3.84. The second-order valence-corrected chi connectivity index (χ2v) is 6.55. The minimum Gasteiger partial charge on any atom is -0.293 e. The van der Waals surface area contributed by atoms with Crippen molar-refractivity contribution < 1.29 is 0 Å². The summed E-state index contributed by atoms with van der Waals surface area (Å²) < 4.78 is 2.04. The van der Waals surface area contributed by atoms with Gasteiger partial charge in [0.2, 0.25) is 0 Å². The number of fused-ring (bicyclic) bond motifs is 1. The average Bonchev–Trinajstić information content (AvgIpc) is 3.09. The van der Waals surface area contributed by atoms with E-state index < -0.39 is 0 Å². The molecule has 0 N–H and O–H groups in total. The van der Waals surface area contributed by atoms with Crippen molar-refractivity contribution in [3.63, 3.8) is 0 Å². The van der Waals surface area contributed by atoms with Crippen molar-refractivity contribution in [3.8, 4) is 0 Å². The number of rotatable bonds is 3. The van der Waals surface area contributed by atoms with Gasteiger partial charge in [0.1, 0.15) is 5.54 Å². The van der Waals surface area contributed by atoms with E-state index in [0.29, 0.717) is 0 Å².